The van der Waals surface area contributed by atoms with Gasteiger partial charge in [0.1, 0.15) is 4.32 Å². The molecule has 0 unspecified atom stereocenters. The van der Waals surface area contributed by atoms with Crippen LogP contribution >= 0.6 is 24.8 Å². The van der Waals surface area contributed by atoms with E-state index in [0.29, 0.717) is 17.4 Å². The van der Waals surface area contributed by atoms with Gasteiger partial charge in [0.25, 0.3) is 0 Å². The second-order valence-corrected chi connectivity index (χ2v) is 6.51. The van der Waals surface area contributed by atoms with Crippen LogP contribution in [0, 0.1) is 0 Å². The van der Waals surface area contributed by atoms with E-state index in [4.69, 9.17) is 0 Å². The fraction of sp³-hybridized carbons (Fsp3) is 0.900. The second-order valence-electron chi connectivity index (χ2n) is 3.52. The lowest BCUT2D eigenvalue weighted by molar-refractivity contribution is 0.321. The molecule has 0 heterocycles. The summed E-state index contributed by atoms with van der Waals surface area (Å²) < 4.78 is 23.6. The number of thiocarbonyl (C=S) groups is 1. The lowest BCUT2D eigenvalue weighted by Crippen LogP contribution is -2.31. The molecule has 0 saturated carbocycles. The number of hydrogen-bond donors (Lipinski definition) is 3. The van der Waals surface area contributed by atoms with Gasteiger partial charge in [-0.25, -0.2) is 13.1 Å². The summed E-state index contributed by atoms with van der Waals surface area (Å²) in [6.45, 7) is 10.9. The Balaban J connectivity index is 0. The van der Waals surface area contributed by atoms with Crippen molar-refractivity contribution in [2.45, 2.75) is 20.8 Å². The Kier molecular flexibility index (Phi) is 13.8. The summed E-state index contributed by atoms with van der Waals surface area (Å²) >= 11 is 8.36. The van der Waals surface area contributed by atoms with E-state index >= 15 is 0 Å². The van der Waals surface area contributed by atoms with Gasteiger partial charge in [-0.2, -0.15) is 0 Å². The molecule has 0 bridgehead atoms. The first-order chi connectivity index (χ1) is 8.26. The van der Waals surface area contributed by atoms with Gasteiger partial charge in [-0.15, -0.1) is 12.6 Å². The van der Waals surface area contributed by atoms with Gasteiger partial charge in [0, 0.05) is 13.1 Å². The van der Waals surface area contributed by atoms with Gasteiger partial charge in [-0.1, -0.05) is 33.0 Å². The molecule has 0 aromatic carbocycles. The summed E-state index contributed by atoms with van der Waals surface area (Å²) in [6, 6.07) is 0. The summed E-state index contributed by atoms with van der Waals surface area (Å²) in [7, 11) is -3.08. The summed E-state index contributed by atoms with van der Waals surface area (Å²) in [4.78, 5) is 2.38. The predicted molar refractivity (Wildman–Crippen MR) is 85.9 cm³/mol. The first-order valence-electron chi connectivity index (χ1n) is 5.90. The van der Waals surface area contributed by atoms with Crippen LogP contribution in [0.5, 0.6) is 0 Å². The van der Waals surface area contributed by atoms with Gasteiger partial charge >= 0.3 is 0 Å². The zero-order valence-electron chi connectivity index (χ0n) is 11.6. The molecule has 0 saturated heterocycles. The molecule has 0 aliphatic carbocycles. The summed E-state index contributed by atoms with van der Waals surface area (Å²) in [5.41, 5.74) is 0. The Labute approximate surface area is 122 Å². The molecule has 0 aromatic rings. The van der Waals surface area contributed by atoms with Gasteiger partial charge in [0.15, 0.2) is 0 Å². The maximum atomic E-state index is 10.5. The van der Waals surface area contributed by atoms with E-state index < -0.39 is 10.0 Å². The molecule has 0 spiro atoms. The fourth-order valence-corrected chi connectivity index (χ4v) is 1.76. The highest BCUT2D eigenvalue weighted by molar-refractivity contribution is 8.11. The lowest BCUT2D eigenvalue weighted by atomic mass is 10.5. The number of rotatable bonds is 7. The van der Waals surface area contributed by atoms with Crippen LogP contribution in [0.4, 0.5) is 0 Å². The van der Waals surface area contributed by atoms with Crippen LogP contribution < -0.4 is 10.0 Å². The molecule has 0 aromatic heterocycles. The first-order valence-corrected chi connectivity index (χ1v) is 8.65. The van der Waals surface area contributed by atoms with Crippen LogP contribution in [0.25, 0.3) is 0 Å². The van der Waals surface area contributed by atoms with Crippen LogP contribution in [0.1, 0.15) is 20.8 Å². The van der Waals surface area contributed by atoms with Crippen LogP contribution in [-0.4, -0.2) is 56.6 Å². The quantitative estimate of drug-likeness (QED) is 0.366. The van der Waals surface area contributed by atoms with Crippen molar-refractivity contribution in [3.63, 3.8) is 0 Å². The molecule has 0 radical (unpaired) electrons. The van der Waals surface area contributed by atoms with Crippen molar-refractivity contribution in [1.82, 2.24) is 14.9 Å². The molecule has 110 valence electrons. The average Bonchev–Trinajstić information content (AvgIpc) is 2.26. The first kappa shape index (κ1) is 20.4. The highest BCUT2D eigenvalue weighted by Gasteiger charge is 1.97. The number of hydrogen-bond acceptors (Lipinski definition) is 4. The Morgan fingerprint density at radius 3 is 1.83 bits per heavy atom. The molecule has 0 atom stereocenters. The molecule has 0 fully saturated rings. The van der Waals surface area contributed by atoms with Crippen LogP contribution in [0.2, 0.25) is 0 Å². The van der Waals surface area contributed by atoms with E-state index in [1.807, 2.05) is 0 Å². The van der Waals surface area contributed by atoms with E-state index in [1.54, 1.807) is 0 Å². The van der Waals surface area contributed by atoms with Crippen LogP contribution in [0.3, 0.4) is 0 Å². The zero-order chi connectivity index (χ0) is 14.6. The Bertz CT molecular complexity index is 298. The van der Waals surface area contributed by atoms with E-state index in [2.05, 4.69) is 60.6 Å². The molecule has 0 amide bonds. The predicted octanol–water partition coefficient (Wildman–Crippen LogP) is 0.688. The monoisotopic (exact) mass is 315 g/mol. The normalized spacial score (nSPS) is 10.8. The van der Waals surface area contributed by atoms with Crippen molar-refractivity contribution in [1.29, 1.82) is 0 Å². The number of nitrogens with zero attached hydrogens (tertiary/aromatic N) is 1. The summed E-state index contributed by atoms with van der Waals surface area (Å²) in [5, 5.41) is 2.69. The third-order valence-corrected chi connectivity index (χ3v) is 3.14. The van der Waals surface area contributed by atoms with Crippen LogP contribution in [-0.2, 0) is 10.0 Å². The SMILES string of the molecule is CCN(CC)CC.CS(=O)(=O)NCCNC(=S)S. The second kappa shape index (κ2) is 12.2. The highest BCUT2D eigenvalue weighted by Crippen LogP contribution is 1.81. The molecule has 18 heavy (non-hydrogen) atoms. The summed E-state index contributed by atoms with van der Waals surface area (Å²) in [6.07, 6.45) is 1.10. The number of sulfonamides is 1. The van der Waals surface area contributed by atoms with E-state index in [0.717, 1.165) is 6.26 Å². The van der Waals surface area contributed by atoms with Crippen molar-refractivity contribution in [3.8, 4) is 0 Å². The smallest absolute Gasteiger partial charge is 0.208 e. The number of nitrogens with one attached hydrogen (secondary N) is 2. The Morgan fingerprint density at radius 1 is 1.17 bits per heavy atom. The van der Waals surface area contributed by atoms with Gasteiger partial charge in [-0.3, -0.25) is 0 Å². The zero-order valence-corrected chi connectivity index (χ0v) is 14.1. The maximum Gasteiger partial charge on any atom is 0.208 e. The molecule has 2 N–H and O–H groups in total. The topological polar surface area (TPSA) is 61.4 Å². The minimum absolute atomic E-state index is 0.319. The largest absolute Gasteiger partial charge is 0.370 e. The Morgan fingerprint density at radius 2 is 1.61 bits per heavy atom. The van der Waals surface area contributed by atoms with Crippen molar-refractivity contribution in [2.75, 3.05) is 39.0 Å². The van der Waals surface area contributed by atoms with Crippen LogP contribution in [0.15, 0.2) is 0 Å². The molecular formula is C10H25N3O2S3. The van der Waals surface area contributed by atoms with Gasteiger partial charge < -0.3 is 10.2 Å². The average molecular weight is 316 g/mol. The third-order valence-electron chi connectivity index (χ3n) is 2.11. The minimum Gasteiger partial charge on any atom is -0.370 e. The fourth-order valence-electron chi connectivity index (χ4n) is 1.08. The van der Waals surface area contributed by atoms with E-state index in [-0.39, 0.29) is 0 Å². The van der Waals surface area contributed by atoms with Gasteiger partial charge in [0.2, 0.25) is 10.0 Å². The third kappa shape index (κ3) is 18.5. The molecule has 0 aliphatic heterocycles. The molecule has 0 rings (SSSR count). The molecule has 5 nitrogen and oxygen atoms in total. The number of thiol groups is 1. The Hall–Kier alpha value is 0.110. The minimum atomic E-state index is -3.08. The summed E-state index contributed by atoms with van der Waals surface area (Å²) in [5.74, 6) is 0. The molecular weight excluding hydrogens is 290 g/mol. The van der Waals surface area contributed by atoms with E-state index in [9.17, 15) is 8.42 Å². The van der Waals surface area contributed by atoms with Crippen molar-refractivity contribution in [2.24, 2.45) is 0 Å². The van der Waals surface area contributed by atoms with Gasteiger partial charge in [-0.05, 0) is 19.6 Å². The molecule has 8 heteroatoms. The highest BCUT2D eigenvalue weighted by atomic mass is 32.2. The van der Waals surface area contributed by atoms with Gasteiger partial charge in [0.05, 0.1) is 6.26 Å². The lowest BCUT2D eigenvalue weighted by Gasteiger charge is -2.13. The van der Waals surface area contributed by atoms with E-state index in [1.165, 1.54) is 19.6 Å². The maximum absolute atomic E-state index is 10.5. The van der Waals surface area contributed by atoms with Crippen molar-refractivity contribution in [3.05, 3.63) is 0 Å². The standard InChI is InChI=1S/C6H15N.C4H10N2O2S3/c1-4-7(5-2)6-3;1-11(7,8)6-3-2-5-4(9)10/h4-6H2,1-3H3;6H,2-3H2,1H3,(H2,5,9,10). The van der Waals surface area contributed by atoms with Crippen molar-refractivity contribution < 1.29 is 8.42 Å². The molecule has 0 aliphatic rings. The van der Waals surface area contributed by atoms with Crippen molar-refractivity contribution >= 4 is 39.2 Å².